The summed E-state index contributed by atoms with van der Waals surface area (Å²) >= 11 is 0. The summed E-state index contributed by atoms with van der Waals surface area (Å²) < 4.78 is 10.2. The summed E-state index contributed by atoms with van der Waals surface area (Å²) in [5, 5.41) is 9.68. The van der Waals surface area contributed by atoms with Crippen molar-refractivity contribution in [1.82, 2.24) is 15.5 Å². The minimum atomic E-state index is -0.189. The van der Waals surface area contributed by atoms with E-state index in [1.807, 2.05) is 24.3 Å². The summed E-state index contributed by atoms with van der Waals surface area (Å²) in [6.45, 7) is 2.44. The monoisotopic (exact) mass is 312 g/mol. The van der Waals surface area contributed by atoms with Crippen LogP contribution in [-0.2, 0) is 13.1 Å². The first-order valence-electron chi connectivity index (χ1n) is 7.15. The number of hydrogen-bond acceptors (Lipinski definition) is 6. The number of rotatable bonds is 6. The van der Waals surface area contributed by atoms with Gasteiger partial charge >= 0.3 is 0 Å². The van der Waals surface area contributed by atoms with E-state index in [2.05, 4.69) is 20.8 Å². The minimum Gasteiger partial charge on any atom is -0.467 e. The van der Waals surface area contributed by atoms with Gasteiger partial charge in [-0.3, -0.25) is 4.79 Å². The van der Waals surface area contributed by atoms with Crippen molar-refractivity contribution in [2.75, 3.05) is 5.32 Å². The Hall–Kier alpha value is -3.09. The van der Waals surface area contributed by atoms with Gasteiger partial charge in [-0.1, -0.05) is 17.3 Å². The van der Waals surface area contributed by atoms with Gasteiger partial charge in [0.1, 0.15) is 5.76 Å². The van der Waals surface area contributed by atoms with Crippen LogP contribution < -0.4 is 10.6 Å². The van der Waals surface area contributed by atoms with Crippen LogP contribution in [0, 0.1) is 6.92 Å². The Labute approximate surface area is 132 Å². The second-order valence-electron chi connectivity index (χ2n) is 4.90. The topological polar surface area (TPSA) is 93.2 Å². The normalized spacial score (nSPS) is 10.5. The number of aryl methyl sites for hydroxylation is 1. The lowest BCUT2D eigenvalue weighted by atomic mass is 10.1. The molecule has 0 unspecified atom stereocenters. The largest absolute Gasteiger partial charge is 0.467 e. The fraction of sp³-hybridized carbons (Fsp3) is 0.188. The maximum atomic E-state index is 12.3. The van der Waals surface area contributed by atoms with Gasteiger partial charge in [0.05, 0.1) is 24.9 Å². The summed E-state index contributed by atoms with van der Waals surface area (Å²) in [7, 11) is 0. The van der Waals surface area contributed by atoms with E-state index in [1.54, 1.807) is 25.3 Å². The van der Waals surface area contributed by atoms with Crippen molar-refractivity contribution in [1.29, 1.82) is 0 Å². The molecule has 7 heteroatoms. The lowest BCUT2D eigenvalue weighted by Crippen LogP contribution is -2.23. The van der Waals surface area contributed by atoms with Gasteiger partial charge in [0, 0.05) is 5.69 Å². The van der Waals surface area contributed by atoms with Gasteiger partial charge in [-0.15, -0.1) is 0 Å². The first-order chi connectivity index (χ1) is 11.2. The van der Waals surface area contributed by atoms with Crippen molar-refractivity contribution < 1.29 is 13.7 Å². The van der Waals surface area contributed by atoms with Crippen LogP contribution in [0.4, 0.5) is 5.69 Å². The standard InChI is InChI=1S/C16H16N4O3/c1-11-19-15(23-20-11)10-17-14-7-3-2-6-13(14)16(21)18-9-12-5-4-8-22-12/h2-8,17H,9-10H2,1H3,(H,18,21). The van der Waals surface area contributed by atoms with Crippen LogP contribution in [0.2, 0.25) is 0 Å². The number of carbonyl (C=O) groups is 1. The number of amides is 1. The Morgan fingerprint density at radius 1 is 1.17 bits per heavy atom. The van der Waals surface area contributed by atoms with E-state index in [0.29, 0.717) is 41.8 Å². The molecule has 2 N–H and O–H groups in total. The van der Waals surface area contributed by atoms with Gasteiger partial charge in [0.15, 0.2) is 5.82 Å². The van der Waals surface area contributed by atoms with E-state index in [4.69, 9.17) is 8.94 Å². The molecule has 0 aliphatic carbocycles. The number of furan rings is 1. The van der Waals surface area contributed by atoms with Gasteiger partial charge in [0.2, 0.25) is 5.89 Å². The van der Waals surface area contributed by atoms with Gasteiger partial charge in [-0.05, 0) is 31.2 Å². The van der Waals surface area contributed by atoms with E-state index < -0.39 is 0 Å². The summed E-state index contributed by atoms with van der Waals surface area (Å²) in [4.78, 5) is 16.4. The Balaban J connectivity index is 1.65. The molecule has 7 nitrogen and oxygen atoms in total. The molecule has 0 aliphatic rings. The summed E-state index contributed by atoms with van der Waals surface area (Å²) in [6.07, 6.45) is 1.57. The third-order valence-electron chi connectivity index (χ3n) is 3.17. The molecule has 0 saturated heterocycles. The molecule has 0 bridgehead atoms. The molecular formula is C16H16N4O3. The first-order valence-corrected chi connectivity index (χ1v) is 7.15. The molecule has 118 valence electrons. The molecule has 0 atom stereocenters. The molecular weight excluding hydrogens is 296 g/mol. The van der Waals surface area contributed by atoms with E-state index in [0.717, 1.165) is 0 Å². The molecule has 1 amide bonds. The first kappa shape index (κ1) is 14.8. The van der Waals surface area contributed by atoms with Crippen LogP contribution in [0.1, 0.15) is 27.8 Å². The summed E-state index contributed by atoms with van der Waals surface area (Å²) in [6, 6.07) is 10.8. The number of para-hydroxylation sites is 1. The molecule has 0 saturated carbocycles. The van der Waals surface area contributed by atoms with Crippen LogP contribution in [-0.4, -0.2) is 16.0 Å². The van der Waals surface area contributed by atoms with Crippen LogP contribution >= 0.6 is 0 Å². The SMILES string of the molecule is Cc1noc(CNc2ccccc2C(=O)NCc2ccco2)n1. The van der Waals surface area contributed by atoms with Crippen LogP contribution in [0.5, 0.6) is 0 Å². The number of carbonyl (C=O) groups excluding carboxylic acids is 1. The number of benzene rings is 1. The third-order valence-corrected chi connectivity index (χ3v) is 3.17. The highest BCUT2D eigenvalue weighted by molar-refractivity contribution is 5.99. The molecule has 2 aromatic heterocycles. The Bertz CT molecular complexity index is 780. The number of hydrogen-bond donors (Lipinski definition) is 2. The Morgan fingerprint density at radius 2 is 2.04 bits per heavy atom. The number of aromatic nitrogens is 2. The van der Waals surface area contributed by atoms with E-state index in [1.165, 1.54) is 0 Å². The lowest BCUT2D eigenvalue weighted by Gasteiger charge is -2.10. The predicted molar refractivity (Wildman–Crippen MR) is 82.7 cm³/mol. The average Bonchev–Trinajstić information content (AvgIpc) is 3.22. The zero-order chi connectivity index (χ0) is 16.1. The van der Waals surface area contributed by atoms with Crippen molar-refractivity contribution in [3.05, 3.63) is 65.7 Å². The summed E-state index contributed by atoms with van der Waals surface area (Å²) in [5.41, 5.74) is 1.23. The fourth-order valence-corrected chi connectivity index (χ4v) is 2.09. The zero-order valence-electron chi connectivity index (χ0n) is 12.6. The smallest absolute Gasteiger partial charge is 0.253 e. The molecule has 0 aliphatic heterocycles. The fourth-order valence-electron chi connectivity index (χ4n) is 2.09. The maximum absolute atomic E-state index is 12.3. The number of nitrogens with zero attached hydrogens (tertiary/aromatic N) is 2. The van der Waals surface area contributed by atoms with Gasteiger partial charge in [0.25, 0.3) is 5.91 Å². The minimum absolute atomic E-state index is 0.189. The predicted octanol–water partition coefficient (Wildman–Crippen LogP) is 2.51. The number of anilines is 1. The van der Waals surface area contributed by atoms with Crippen LogP contribution in [0.15, 0.2) is 51.6 Å². The van der Waals surface area contributed by atoms with Crippen molar-refractivity contribution in [2.45, 2.75) is 20.0 Å². The zero-order valence-corrected chi connectivity index (χ0v) is 12.6. The summed E-state index contributed by atoms with van der Waals surface area (Å²) in [5.74, 6) is 1.55. The van der Waals surface area contributed by atoms with Crippen molar-refractivity contribution in [3.8, 4) is 0 Å². The molecule has 3 aromatic rings. The quantitative estimate of drug-likeness (QED) is 0.726. The van der Waals surface area contributed by atoms with E-state index in [-0.39, 0.29) is 5.91 Å². The van der Waals surface area contributed by atoms with Crippen molar-refractivity contribution in [3.63, 3.8) is 0 Å². The average molecular weight is 312 g/mol. The molecule has 3 rings (SSSR count). The van der Waals surface area contributed by atoms with E-state index in [9.17, 15) is 4.79 Å². The van der Waals surface area contributed by atoms with Gasteiger partial charge < -0.3 is 19.6 Å². The third kappa shape index (κ3) is 3.76. The highest BCUT2D eigenvalue weighted by Gasteiger charge is 2.12. The maximum Gasteiger partial charge on any atom is 0.253 e. The highest BCUT2D eigenvalue weighted by Crippen LogP contribution is 2.16. The molecule has 0 spiro atoms. The van der Waals surface area contributed by atoms with Crippen molar-refractivity contribution >= 4 is 11.6 Å². The Kier molecular flexibility index (Phi) is 4.37. The van der Waals surface area contributed by atoms with Gasteiger partial charge in [-0.2, -0.15) is 4.98 Å². The van der Waals surface area contributed by atoms with E-state index >= 15 is 0 Å². The van der Waals surface area contributed by atoms with Crippen LogP contribution in [0.25, 0.3) is 0 Å². The molecule has 2 heterocycles. The highest BCUT2D eigenvalue weighted by atomic mass is 16.5. The van der Waals surface area contributed by atoms with Gasteiger partial charge in [-0.25, -0.2) is 0 Å². The van der Waals surface area contributed by atoms with Crippen molar-refractivity contribution in [2.24, 2.45) is 0 Å². The van der Waals surface area contributed by atoms with Crippen LogP contribution in [0.3, 0.4) is 0 Å². The number of nitrogens with one attached hydrogen (secondary N) is 2. The second kappa shape index (κ2) is 6.78. The Morgan fingerprint density at radius 3 is 2.78 bits per heavy atom. The molecule has 1 aromatic carbocycles. The molecule has 0 fully saturated rings. The molecule has 0 radical (unpaired) electrons. The lowest BCUT2D eigenvalue weighted by molar-refractivity contribution is 0.0949. The second-order valence-corrected chi connectivity index (χ2v) is 4.90. The molecule has 23 heavy (non-hydrogen) atoms.